The summed E-state index contributed by atoms with van der Waals surface area (Å²) < 4.78 is 4.95. The molecule has 0 aliphatic heterocycles. The predicted octanol–water partition coefficient (Wildman–Crippen LogP) is 1.43. The number of likely N-dealkylation sites (N-methyl/N-ethyl adjacent to an activating group) is 1. The van der Waals surface area contributed by atoms with Crippen molar-refractivity contribution in [3.8, 4) is 0 Å². The Bertz CT molecular complexity index is 398. The number of carbonyl (C=O) groups excluding carboxylic acids is 1. The molecule has 0 bridgehead atoms. The number of aromatic nitrogens is 1. The van der Waals surface area contributed by atoms with Gasteiger partial charge in [0, 0.05) is 26.4 Å². The molecule has 0 saturated carbocycles. The lowest BCUT2D eigenvalue weighted by atomic mass is 10.2. The number of nitrogens with zero attached hydrogens (tertiary/aromatic N) is 2. The van der Waals surface area contributed by atoms with Gasteiger partial charge >= 0.3 is 0 Å². The third kappa shape index (κ3) is 3.57. The summed E-state index contributed by atoms with van der Waals surface area (Å²) in [6.07, 6.45) is 1.43. The number of carbonyl (C=O) groups is 1. The van der Waals surface area contributed by atoms with E-state index in [9.17, 15) is 4.79 Å². The topological polar surface area (TPSA) is 68.5 Å². The lowest BCUT2D eigenvalue weighted by Gasteiger charge is -2.20. The second-order valence-corrected chi connectivity index (χ2v) is 3.88. The molecule has 0 spiro atoms. The summed E-state index contributed by atoms with van der Waals surface area (Å²) in [6.45, 7) is 3.54. The van der Waals surface area contributed by atoms with Crippen LogP contribution in [0.2, 0.25) is 5.02 Å². The monoisotopic (exact) mass is 257 g/mol. The molecular weight excluding hydrogens is 242 g/mol. The maximum Gasteiger partial charge on any atom is 0.255 e. The predicted molar refractivity (Wildman–Crippen MR) is 67.1 cm³/mol. The number of hydrogen-bond donors (Lipinski definition) is 1. The zero-order valence-corrected chi connectivity index (χ0v) is 10.7. The van der Waals surface area contributed by atoms with E-state index in [0.29, 0.717) is 30.3 Å². The van der Waals surface area contributed by atoms with Crippen molar-refractivity contribution in [2.24, 2.45) is 0 Å². The third-order valence-electron chi connectivity index (χ3n) is 2.35. The molecule has 1 aromatic rings. The van der Waals surface area contributed by atoms with Crippen LogP contribution < -0.4 is 5.73 Å². The Morgan fingerprint density at radius 1 is 1.65 bits per heavy atom. The van der Waals surface area contributed by atoms with E-state index >= 15 is 0 Å². The van der Waals surface area contributed by atoms with E-state index in [-0.39, 0.29) is 11.7 Å². The number of nitrogen functional groups attached to an aromatic ring is 1. The molecule has 0 saturated heterocycles. The lowest BCUT2D eigenvalue weighted by Crippen LogP contribution is -2.33. The van der Waals surface area contributed by atoms with Gasteiger partial charge in [-0.05, 0) is 13.0 Å². The quantitative estimate of drug-likeness (QED) is 0.866. The molecule has 5 nitrogen and oxygen atoms in total. The zero-order valence-electron chi connectivity index (χ0n) is 9.94. The minimum atomic E-state index is -0.126. The fourth-order valence-corrected chi connectivity index (χ4v) is 1.52. The number of ether oxygens (including phenoxy) is 1. The normalized spacial score (nSPS) is 10.3. The van der Waals surface area contributed by atoms with E-state index < -0.39 is 0 Å². The Labute approximate surface area is 106 Å². The molecule has 2 N–H and O–H groups in total. The number of hydrogen-bond acceptors (Lipinski definition) is 4. The summed E-state index contributed by atoms with van der Waals surface area (Å²) in [5, 5.41) is 0.290. The largest absolute Gasteiger partial charge is 0.383 e. The van der Waals surface area contributed by atoms with Gasteiger partial charge in [-0.2, -0.15) is 0 Å². The van der Waals surface area contributed by atoms with Crippen LogP contribution in [-0.4, -0.2) is 42.6 Å². The summed E-state index contributed by atoms with van der Waals surface area (Å²) in [7, 11) is 1.60. The van der Waals surface area contributed by atoms with E-state index in [2.05, 4.69) is 4.98 Å². The van der Waals surface area contributed by atoms with Crippen LogP contribution >= 0.6 is 11.6 Å². The number of anilines is 1. The Balaban J connectivity index is 2.82. The summed E-state index contributed by atoms with van der Waals surface area (Å²) in [5.41, 5.74) is 5.92. The van der Waals surface area contributed by atoms with Gasteiger partial charge in [0.15, 0.2) is 0 Å². The van der Waals surface area contributed by atoms with Crippen molar-refractivity contribution in [2.75, 3.05) is 32.5 Å². The Morgan fingerprint density at radius 3 is 2.88 bits per heavy atom. The van der Waals surface area contributed by atoms with Crippen molar-refractivity contribution >= 4 is 23.3 Å². The van der Waals surface area contributed by atoms with Crippen molar-refractivity contribution in [3.63, 3.8) is 0 Å². The lowest BCUT2D eigenvalue weighted by molar-refractivity contribution is 0.0706. The number of nitrogens with two attached hydrogens (primary N) is 1. The van der Waals surface area contributed by atoms with Crippen LogP contribution in [0, 0.1) is 0 Å². The number of halogens is 1. The van der Waals surface area contributed by atoms with Crippen LogP contribution in [0.15, 0.2) is 12.3 Å². The van der Waals surface area contributed by atoms with Crippen LogP contribution in [0.5, 0.6) is 0 Å². The molecule has 1 aromatic heterocycles. The molecule has 0 fully saturated rings. The molecule has 0 aromatic carbocycles. The van der Waals surface area contributed by atoms with Gasteiger partial charge in [0.05, 0.1) is 17.2 Å². The maximum atomic E-state index is 12.1. The first-order valence-electron chi connectivity index (χ1n) is 5.29. The first-order valence-corrected chi connectivity index (χ1v) is 5.67. The fraction of sp³-hybridized carbons (Fsp3) is 0.455. The summed E-state index contributed by atoms with van der Waals surface area (Å²) >= 11 is 5.83. The fourth-order valence-electron chi connectivity index (χ4n) is 1.35. The smallest absolute Gasteiger partial charge is 0.255 e. The SMILES string of the molecule is CCN(CCOC)C(=O)c1cnc(N)c(Cl)c1. The number of pyridine rings is 1. The van der Waals surface area contributed by atoms with Gasteiger partial charge in [0.25, 0.3) is 5.91 Å². The highest BCUT2D eigenvalue weighted by Gasteiger charge is 2.15. The number of rotatable bonds is 5. The van der Waals surface area contributed by atoms with Crippen molar-refractivity contribution in [2.45, 2.75) is 6.92 Å². The summed E-state index contributed by atoms with van der Waals surface area (Å²) in [6, 6.07) is 1.53. The molecule has 94 valence electrons. The number of amides is 1. The molecule has 1 rings (SSSR count). The highest BCUT2D eigenvalue weighted by Crippen LogP contribution is 2.17. The molecule has 0 aliphatic rings. The van der Waals surface area contributed by atoms with Gasteiger partial charge in [-0.25, -0.2) is 4.98 Å². The second kappa shape index (κ2) is 6.42. The third-order valence-corrected chi connectivity index (χ3v) is 2.65. The van der Waals surface area contributed by atoms with E-state index in [0.717, 1.165) is 0 Å². The minimum absolute atomic E-state index is 0.126. The average Bonchev–Trinajstić information content (AvgIpc) is 2.33. The molecule has 1 heterocycles. The van der Waals surface area contributed by atoms with Gasteiger partial charge in [-0.3, -0.25) is 4.79 Å². The maximum absolute atomic E-state index is 12.1. The van der Waals surface area contributed by atoms with Gasteiger partial charge < -0.3 is 15.4 Å². The van der Waals surface area contributed by atoms with E-state index in [1.54, 1.807) is 12.0 Å². The van der Waals surface area contributed by atoms with Crippen molar-refractivity contribution < 1.29 is 9.53 Å². The molecule has 6 heteroatoms. The van der Waals surface area contributed by atoms with Crippen LogP contribution in [0.3, 0.4) is 0 Å². The van der Waals surface area contributed by atoms with Gasteiger partial charge in [0.1, 0.15) is 5.82 Å². The van der Waals surface area contributed by atoms with Crippen LogP contribution in [-0.2, 0) is 4.74 Å². The van der Waals surface area contributed by atoms with E-state index in [1.807, 2.05) is 6.92 Å². The zero-order chi connectivity index (χ0) is 12.8. The highest BCUT2D eigenvalue weighted by atomic mass is 35.5. The van der Waals surface area contributed by atoms with E-state index in [1.165, 1.54) is 12.3 Å². The van der Waals surface area contributed by atoms with Gasteiger partial charge in [-0.15, -0.1) is 0 Å². The van der Waals surface area contributed by atoms with Crippen molar-refractivity contribution in [1.29, 1.82) is 0 Å². The van der Waals surface area contributed by atoms with E-state index in [4.69, 9.17) is 22.1 Å². The molecule has 0 atom stereocenters. The Kier molecular flexibility index (Phi) is 5.18. The van der Waals surface area contributed by atoms with Gasteiger partial charge in [0.2, 0.25) is 0 Å². The molecular formula is C11H16ClN3O2. The van der Waals surface area contributed by atoms with Crippen molar-refractivity contribution in [1.82, 2.24) is 9.88 Å². The Morgan fingerprint density at radius 2 is 2.35 bits per heavy atom. The molecule has 1 amide bonds. The van der Waals surface area contributed by atoms with Crippen LogP contribution in [0.4, 0.5) is 5.82 Å². The van der Waals surface area contributed by atoms with Crippen LogP contribution in [0.1, 0.15) is 17.3 Å². The summed E-state index contributed by atoms with van der Waals surface area (Å²) in [4.78, 5) is 17.6. The Hall–Kier alpha value is -1.33. The van der Waals surface area contributed by atoms with Crippen LogP contribution in [0.25, 0.3) is 0 Å². The first kappa shape index (κ1) is 13.7. The van der Waals surface area contributed by atoms with Gasteiger partial charge in [-0.1, -0.05) is 11.6 Å². The highest BCUT2D eigenvalue weighted by molar-refractivity contribution is 6.33. The molecule has 0 aliphatic carbocycles. The summed E-state index contributed by atoms with van der Waals surface area (Å²) in [5.74, 6) is 0.0992. The standard InChI is InChI=1S/C11H16ClN3O2/c1-3-15(4-5-17-2)11(16)8-6-9(12)10(13)14-7-8/h6-7H,3-5H2,1-2H3,(H2,13,14). The first-order chi connectivity index (χ1) is 8.10. The molecule has 0 radical (unpaired) electrons. The average molecular weight is 258 g/mol. The molecule has 0 unspecified atom stereocenters. The number of methoxy groups -OCH3 is 1. The van der Waals surface area contributed by atoms with Crippen molar-refractivity contribution in [3.05, 3.63) is 22.8 Å². The molecule has 17 heavy (non-hydrogen) atoms. The second-order valence-electron chi connectivity index (χ2n) is 3.47. The minimum Gasteiger partial charge on any atom is -0.383 e.